The Labute approximate surface area is 89.3 Å². The molecule has 0 heterocycles. The highest BCUT2D eigenvalue weighted by molar-refractivity contribution is 5.89. The number of hydrogen-bond donors (Lipinski definition) is 2. The predicted molar refractivity (Wildman–Crippen MR) is 37.2 cm³/mol. The Kier molecular flexibility index (Phi) is 4.00. The van der Waals surface area contributed by atoms with Crippen molar-refractivity contribution in [3.05, 3.63) is 0 Å². The Balaban J connectivity index is 5.26. The first-order chi connectivity index (χ1) is 7.36. The van der Waals surface area contributed by atoms with Crippen LogP contribution in [0.5, 0.6) is 0 Å². The van der Waals surface area contributed by atoms with Gasteiger partial charge in [0.25, 0.3) is 0 Å². The molecule has 11 heteroatoms. The van der Waals surface area contributed by atoms with Gasteiger partial charge in [-0.05, 0) is 0 Å². The zero-order chi connectivity index (χ0) is 14.1. The zero-order valence-corrected chi connectivity index (χ0v) is 7.94. The number of hydrogen-bond acceptors (Lipinski definition) is 4. The fourth-order valence-electron chi connectivity index (χ4n) is 0.621. The lowest BCUT2D eigenvalue weighted by atomic mass is 10.2. The van der Waals surface area contributed by atoms with E-state index < -0.39 is 30.0 Å². The molecule has 0 aliphatic heterocycles. The maximum atomic E-state index is 12.2. The summed E-state index contributed by atoms with van der Waals surface area (Å²) >= 11 is 0. The van der Waals surface area contributed by atoms with Gasteiger partial charge in [0.2, 0.25) is 0 Å². The number of nitrogens with one attached hydrogen (secondary N) is 1. The van der Waals surface area contributed by atoms with Crippen LogP contribution in [0.3, 0.4) is 0 Å². The van der Waals surface area contributed by atoms with Crippen LogP contribution >= 0.6 is 0 Å². The third-order valence-corrected chi connectivity index (χ3v) is 1.44. The van der Waals surface area contributed by atoms with E-state index in [2.05, 4.69) is 4.74 Å². The normalized spacial score (nSPS) is 16.0. The van der Waals surface area contributed by atoms with Gasteiger partial charge in [0, 0.05) is 0 Å². The molecule has 0 radical (unpaired) electrons. The molecule has 1 amide bonds. The van der Waals surface area contributed by atoms with Crippen molar-refractivity contribution >= 4 is 11.9 Å². The molecule has 0 aliphatic rings. The Morgan fingerprint density at radius 3 is 1.76 bits per heavy atom. The molecule has 0 rings (SSSR count). The third kappa shape index (κ3) is 3.22. The summed E-state index contributed by atoms with van der Waals surface area (Å²) in [6, 6.07) is 0. The van der Waals surface area contributed by atoms with Gasteiger partial charge in [0.15, 0.2) is 0 Å². The van der Waals surface area contributed by atoms with Gasteiger partial charge >= 0.3 is 30.0 Å². The van der Waals surface area contributed by atoms with Crippen LogP contribution in [0.1, 0.15) is 0 Å². The molecule has 0 saturated heterocycles. The summed E-state index contributed by atoms with van der Waals surface area (Å²) in [6.45, 7) is 0. The fourth-order valence-corrected chi connectivity index (χ4v) is 0.621. The van der Waals surface area contributed by atoms with E-state index in [1.54, 1.807) is 0 Å². The number of carbonyl (C=O) groups is 2. The number of halogens is 6. The summed E-state index contributed by atoms with van der Waals surface area (Å²) in [5.41, 5.74) is -4.76. The number of carbonyl (C=O) groups excluding carboxylic acids is 2. The van der Waals surface area contributed by atoms with Crippen LogP contribution in [0.25, 0.3) is 0 Å². The average Bonchev–Trinajstić information content (AvgIpc) is 2.12. The van der Waals surface area contributed by atoms with E-state index in [1.807, 2.05) is 0 Å². The van der Waals surface area contributed by atoms with Crippen LogP contribution < -0.4 is 5.32 Å². The predicted octanol–water partition coefficient (Wildman–Crippen LogP) is 0.0888. The van der Waals surface area contributed by atoms with E-state index in [4.69, 9.17) is 5.11 Å². The topological polar surface area (TPSA) is 75.6 Å². The Morgan fingerprint density at radius 1 is 1.12 bits per heavy atom. The first kappa shape index (κ1) is 15.5. The minimum Gasteiger partial charge on any atom is -0.465 e. The van der Waals surface area contributed by atoms with Crippen LogP contribution in [0.4, 0.5) is 26.3 Å². The monoisotopic (exact) mass is 269 g/mol. The quantitative estimate of drug-likeness (QED) is 0.423. The van der Waals surface area contributed by atoms with Crippen molar-refractivity contribution in [2.45, 2.75) is 18.1 Å². The first-order valence-electron chi connectivity index (χ1n) is 3.63. The van der Waals surface area contributed by atoms with Gasteiger partial charge in [-0.25, -0.2) is 4.79 Å². The maximum Gasteiger partial charge on any atom is 0.471 e. The summed E-state index contributed by atoms with van der Waals surface area (Å²) < 4.78 is 75.0. The summed E-state index contributed by atoms with van der Waals surface area (Å²) in [7, 11) is 0.388. The molecule has 0 spiro atoms. The van der Waals surface area contributed by atoms with E-state index in [9.17, 15) is 35.9 Å². The average molecular weight is 269 g/mol. The molecular formula is C6H5F6NO4. The lowest BCUT2D eigenvalue weighted by Crippen LogP contribution is -2.66. The molecule has 5 nitrogen and oxygen atoms in total. The molecule has 17 heavy (non-hydrogen) atoms. The van der Waals surface area contributed by atoms with Crippen molar-refractivity contribution in [1.29, 1.82) is 0 Å². The van der Waals surface area contributed by atoms with E-state index in [0.717, 1.165) is 0 Å². The molecule has 100 valence electrons. The van der Waals surface area contributed by atoms with Crippen LogP contribution in [0, 0.1) is 0 Å². The number of amides is 1. The lowest BCUT2D eigenvalue weighted by Gasteiger charge is -2.28. The standard InChI is InChI=1S/C6H5F6NO4/c1-17-3(15)4(16,6(10,11)12)13-2(14)5(7,8)9/h16H,1H3,(H,13,14)/t4-/m0/s1. The number of methoxy groups -OCH3 is 1. The van der Waals surface area contributed by atoms with Crippen LogP contribution in [-0.4, -0.2) is 42.2 Å². The van der Waals surface area contributed by atoms with Crippen molar-refractivity contribution in [2.75, 3.05) is 7.11 Å². The highest BCUT2D eigenvalue weighted by atomic mass is 19.4. The number of aliphatic hydroxyl groups is 1. The fraction of sp³-hybridized carbons (Fsp3) is 0.667. The van der Waals surface area contributed by atoms with Crippen molar-refractivity contribution < 1.29 is 45.8 Å². The van der Waals surface area contributed by atoms with Crippen molar-refractivity contribution in [2.24, 2.45) is 0 Å². The van der Waals surface area contributed by atoms with Gasteiger partial charge in [0.1, 0.15) is 0 Å². The SMILES string of the molecule is COC(=O)[C@@](O)(NC(=O)C(F)(F)F)C(F)(F)F. The second kappa shape index (κ2) is 4.39. The Bertz CT molecular complexity index is 323. The number of alkyl halides is 6. The van der Waals surface area contributed by atoms with Gasteiger partial charge in [-0.2, -0.15) is 26.3 Å². The molecule has 0 aliphatic carbocycles. The molecule has 0 fully saturated rings. The molecule has 0 unspecified atom stereocenters. The first-order valence-corrected chi connectivity index (χ1v) is 3.63. The van der Waals surface area contributed by atoms with Crippen LogP contribution in [0.15, 0.2) is 0 Å². The molecule has 1 atom stereocenters. The number of rotatable bonds is 2. The van der Waals surface area contributed by atoms with Gasteiger partial charge in [-0.1, -0.05) is 0 Å². The highest BCUT2D eigenvalue weighted by Gasteiger charge is 2.64. The number of ether oxygens (including phenoxy) is 1. The third-order valence-electron chi connectivity index (χ3n) is 1.44. The molecule has 0 aromatic carbocycles. The van der Waals surface area contributed by atoms with Crippen LogP contribution in [-0.2, 0) is 14.3 Å². The van der Waals surface area contributed by atoms with Crippen molar-refractivity contribution in [3.63, 3.8) is 0 Å². The van der Waals surface area contributed by atoms with Gasteiger partial charge in [-0.3, -0.25) is 4.79 Å². The second-order valence-electron chi connectivity index (χ2n) is 2.65. The minimum atomic E-state index is -5.87. The summed E-state index contributed by atoms with van der Waals surface area (Å²) in [5.74, 6) is -5.63. The zero-order valence-electron chi connectivity index (χ0n) is 7.94. The largest absolute Gasteiger partial charge is 0.471 e. The van der Waals surface area contributed by atoms with Gasteiger partial charge in [-0.15, -0.1) is 0 Å². The molecule has 0 bridgehead atoms. The van der Waals surface area contributed by atoms with Crippen molar-refractivity contribution in [3.8, 4) is 0 Å². The molecule has 0 aromatic rings. The summed E-state index contributed by atoms with van der Waals surface area (Å²) in [5, 5.41) is 8.83. The smallest absolute Gasteiger partial charge is 0.465 e. The van der Waals surface area contributed by atoms with E-state index in [0.29, 0.717) is 7.11 Å². The second-order valence-corrected chi connectivity index (χ2v) is 2.65. The van der Waals surface area contributed by atoms with E-state index >= 15 is 0 Å². The van der Waals surface area contributed by atoms with Gasteiger partial charge in [0.05, 0.1) is 7.11 Å². The molecular weight excluding hydrogens is 264 g/mol. The number of esters is 1. The summed E-state index contributed by atoms with van der Waals surface area (Å²) in [6.07, 6.45) is -11.6. The van der Waals surface area contributed by atoms with Gasteiger partial charge < -0.3 is 15.2 Å². The van der Waals surface area contributed by atoms with Crippen molar-refractivity contribution in [1.82, 2.24) is 5.32 Å². The Morgan fingerprint density at radius 2 is 1.53 bits per heavy atom. The molecule has 2 N–H and O–H groups in total. The van der Waals surface area contributed by atoms with E-state index in [-0.39, 0.29) is 5.32 Å². The molecule has 0 saturated carbocycles. The van der Waals surface area contributed by atoms with Crippen LogP contribution in [0.2, 0.25) is 0 Å². The summed E-state index contributed by atoms with van der Waals surface area (Å²) in [4.78, 5) is 20.8. The highest BCUT2D eigenvalue weighted by Crippen LogP contribution is 2.30. The molecule has 0 aromatic heterocycles. The lowest BCUT2D eigenvalue weighted by molar-refractivity contribution is -0.274. The van der Waals surface area contributed by atoms with E-state index in [1.165, 1.54) is 0 Å². The Hall–Kier alpha value is -1.52. The minimum absolute atomic E-state index is 0.116. The maximum absolute atomic E-state index is 12.2.